The van der Waals surface area contributed by atoms with E-state index in [1.807, 2.05) is 5.38 Å². The van der Waals surface area contributed by atoms with Gasteiger partial charge >= 0.3 is 0 Å². The molecule has 1 rings (SSSR count). The van der Waals surface area contributed by atoms with Gasteiger partial charge in [-0.2, -0.15) is 0 Å². The highest BCUT2D eigenvalue weighted by atomic mass is 32.1. The minimum atomic E-state index is -0.314. The van der Waals surface area contributed by atoms with Crippen molar-refractivity contribution in [2.75, 3.05) is 0 Å². The van der Waals surface area contributed by atoms with E-state index < -0.39 is 0 Å². The fraction of sp³-hybridized carbons (Fsp3) is 0.556. The highest BCUT2D eigenvalue weighted by Crippen LogP contribution is 2.13. The van der Waals surface area contributed by atoms with E-state index in [1.54, 1.807) is 0 Å². The van der Waals surface area contributed by atoms with Crippen LogP contribution in [0.4, 0.5) is 0 Å². The van der Waals surface area contributed by atoms with Crippen molar-refractivity contribution in [2.24, 2.45) is 11.7 Å². The number of nitrogens with two attached hydrogens (primary N) is 1. The lowest BCUT2D eigenvalue weighted by atomic mass is 10.1. The lowest BCUT2D eigenvalue weighted by Gasteiger charge is -1.98. The molecule has 3 nitrogen and oxygen atoms in total. The molecule has 0 aromatic carbocycles. The lowest BCUT2D eigenvalue weighted by molar-refractivity contribution is -0.117. The molecule has 0 atom stereocenters. The van der Waals surface area contributed by atoms with Crippen molar-refractivity contribution in [3.63, 3.8) is 0 Å². The maximum Gasteiger partial charge on any atom is 0.224 e. The standard InChI is InChI=1S/C9H14N2OS/c1-6(2)3-7-5-13-9(11-7)4-8(10)12/h5-6H,3-4H2,1-2H3,(H2,10,12). The van der Waals surface area contributed by atoms with E-state index in [4.69, 9.17) is 5.73 Å². The second-order valence-electron chi connectivity index (χ2n) is 3.47. The summed E-state index contributed by atoms with van der Waals surface area (Å²) in [7, 11) is 0. The van der Waals surface area contributed by atoms with E-state index in [2.05, 4.69) is 18.8 Å². The van der Waals surface area contributed by atoms with Crippen molar-refractivity contribution in [1.82, 2.24) is 4.98 Å². The van der Waals surface area contributed by atoms with Crippen molar-refractivity contribution in [2.45, 2.75) is 26.7 Å². The fourth-order valence-electron chi connectivity index (χ4n) is 1.09. The topological polar surface area (TPSA) is 56.0 Å². The van der Waals surface area contributed by atoms with Crippen molar-refractivity contribution in [3.8, 4) is 0 Å². The average Bonchev–Trinajstić information content (AvgIpc) is 2.33. The molecule has 0 unspecified atom stereocenters. The average molecular weight is 198 g/mol. The molecule has 4 heteroatoms. The van der Waals surface area contributed by atoms with Crippen LogP contribution < -0.4 is 5.73 Å². The molecule has 13 heavy (non-hydrogen) atoms. The number of hydrogen-bond donors (Lipinski definition) is 1. The first-order valence-electron chi connectivity index (χ1n) is 4.29. The zero-order chi connectivity index (χ0) is 9.84. The lowest BCUT2D eigenvalue weighted by Crippen LogP contribution is -2.13. The van der Waals surface area contributed by atoms with Crippen molar-refractivity contribution < 1.29 is 4.79 Å². The predicted molar refractivity (Wildman–Crippen MR) is 53.6 cm³/mol. The normalized spacial score (nSPS) is 10.7. The Morgan fingerprint density at radius 2 is 2.38 bits per heavy atom. The van der Waals surface area contributed by atoms with Gasteiger partial charge in [-0.15, -0.1) is 11.3 Å². The Kier molecular flexibility index (Phi) is 3.42. The molecule has 1 amide bonds. The largest absolute Gasteiger partial charge is 0.369 e. The van der Waals surface area contributed by atoms with Gasteiger partial charge in [0.15, 0.2) is 0 Å². The minimum Gasteiger partial charge on any atom is -0.369 e. The third-order valence-electron chi connectivity index (χ3n) is 1.54. The maximum absolute atomic E-state index is 10.6. The molecule has 72 valence electrons. The molecule has 0 radical (unpaired) electrons. The number of rotatable bonds is 4. The van der Waals surface area contributed by atoms with Crippen LogP contribution in [0.1, 0.15) is 24.5 Å². The molecule has 1 aromatic rings. The van der Waals surface area contributed by atoms with Crippen LogP contribution in [0.2, 0.25) is 0 Å². The highest BCUT2D eigenvalue weighted by Gasteiger charge is 2.05. The van der Waals surface area contributed by atoms with Gasteiger partial charge in [-0.05, 0) is 12.3 Å². The zero-order valence-electron chi connectivity index (χ0n) is 7.91. The Morgan fingerprint density at radius 1 is 1.69 bits per heavy atom. The van der Waals surface area contributed by atoms with Crippen LogP contribution in [0.3, 0.4) is 0 Å². The van der Waals surface area contributed by atoms with E-state index >= 15 is 0 Å². The molecule has 0 spiro atoms. The first-order chi connectivity index (χ1) is 6.08. The number of carbonyl (C=O) groups is 1. The molecule has 1 aromatic heterocycles. The molecular weight excluding hydrogens is 184 g/mol. The highest BCUT2D eigenvalue weighted by molar-refractivity contribution is 7.09. The molecule has 0 saturated heterocycles. The maximum atomic E-state index is 10.6. The van der Waals surface area contributed by atoms with Crippen LogP contribution >= 0.6 is 11.3 Å². The van der Waals surface area contributed by atoms with E-state index in [1.165, 1.54) is 11.3 Å². The van der Waals surface area contributed by atoms with Crippen LogP contribution in [0.25, 0.3) is 0 Å². The van der Waals surface area contributed by atoms with Gasteiger partial charge in [-0.25, -0.2) is 4.98 Å². The second-order valence-corrected chi connectivity index (χ2v) is 4.42. The van der Waals surface area contributed by atoms with Gasteiger partial charge in [0.05, 0.1) is 12.1 Å². The number of primary amides is 1. The van der Waals surface area contributed by atoms with Gasteiger partial charge in [0, 0.05) is 5.38 Å². The number of carbonyl (C=O) groups excluding carboxylic acids is 1. The quantitative estimate of drug-likeness (QED) is 0.794. The number of aromatic nitrogens is 1. The number of nitrogens with zero attached hydrogens (tertiary/aromatic N) is 1. The van der Waals surface area contributed by atoms with Crippen LogP contribution in [-0.4, -0.2) is 10.9 Å². The third kappa shape index (κ3) is 3.55. The smallest absolute Gasteiger partial charge is 0.224 e. The first kappa shape index (κ1) is 10.2. The van der Waals surface area contributed by atoms with Crippen LogP contribution in [0.15, 0.2) is 5.38 Å². The Hall–Kier alpha value is -0.900. The SMILES string of the molecule is CC(C)Cc1csc(CC(N)=O)n1. The van der Waals surface area contributed by atoms with Crippen LogP contribution in [0.5, 0.6) is 0 Å². The molecule has 0 bridgehead atoms. The number of amides is 1. The molecule has 0 aliphatic rings. The van der Waals surface area contributed by atoms with Crippen molar-refractivity contribution in [3.05, 3.63) is 16.1 Å². The molecule has 2 N–H and O–H groups in total. The summed E-state index contributed by atoms with van der Waals surface area (Å²) in [6.45, 7) is 4.29. The van der Waals surface area contributed by atoms with E-state index in [0.29, 0.717) is 5.92 Å². The Balaban J connectivity index is 2.58. The van der Waals surface area contributed by atoms with Gasteiger partial charge in [0.25, 0.3) is 0 Å². The number of hydrogen-bond acceptors (Lipinski definition) is 3. The van der Waals surface area contributed by atoms with Gasteiger partial charge in [-0.3, -0.25) is 4.79 Å². The van der Waals surface area contributed by atoms with E-state index in [0.717, 1.165) is 17.1 Å². The molecular formula is C9H14N2OS. The molecule has 0 saturated carbocycles. The Bertz CT molecular complexity index is 294. The minimum absolute atomic E-state index is 0.267. The van der Waals surface area contributed by atoms with Gasteiger partial charge in [-0.1, -0.05) is 13.8 Å². The molecule has 0 fully saturated rings. The summed E-state index contributed by atoms with van der Waals surface area (Å²) in [6.07, 6.45) is 1.23. The monoisotopic (exact) mass is 198 g/mol. The van der Waals surface area contributed by atoms with Crippen molar-refractivity contribution >= 4 is 17.2 Å². The van der Waals surface area contributed by atoms with Gasteiger partial charge in [0.2, 0.25) is 5.91 Å². The Labute approximate surface area is 82.0 Å². The second kappa shape index (κ2) is 4.37. The molecule has 0 aliphatic heterocycles. The summed E-state index contributed by atoms with van der Waals surface area (Å²) in [4.78, 5) is 14.9. The van der Waals surface area contributed by atoms with Gasteiger partial charge < -0.3 is 5.73 Å². The Morgan fingerprint density at radius 3 is 2.92 bits per heavy atom. The zero-order valence-corrected chi connectivity index (χ0v) is 8.73. The van der Waals surface area contributed by atoms with Crippen molar-refractivity contribution in [1.29, 1.82) is 0 Å². The molecule has 0 aliphatic carbocycles. The summed E-state index contributed by atoms with van der Waals surface area (Å²) in [6, 6.07) is 0. The number of thiazole rings is 1. The summed E-state index contributed by atoms with van der Waals surface area (Å²) in [5.74, 6) is 0.286. The summed E-state index contributed by atoms with van der Waals surface area (Å²) < 4.78 is 0. The summed E-state index contributed by atoms with van der Waals surface area (Å²) >= 11 is 1.51. The first-order valence-corrected chi connectivity index (χ1v) is 5.17. The van der Waals surface area contributed by atoms with E-state index in [9.17, 15) is 4.79 Å². The van der Waals surface area contributed by atoms with Gasteiger partial charge in [0.1, 0.15) is 5.01 Å². The predicted octanol–water partition coefficient (Wildman–Crippen LogP) is 1.37. The van der Waals surface area contributed by atoms with Crippen LogP contribution in [-0.2, 0) is 17.6 Å². The van der Waals surface area contributed by atoms with E-state index in [-0.39, 0.29) is 12.3 Å². The molecule has 1 heterocycles. The van der Waals surface area contributed by atoms with Crippen LogP contribution in [0, 0.1) is 5.92 Å². The third-order valence-corrected chi connectivity index (χ3v) is 2.44. The fourth-order valence-corrected chi connectivity index (χ4v) is 1.91. The summed E-state index contributed by atoms with van der Waals surface area (Å²) in [5, 5.41) is 2.82. The summed E-state index contributed by atoms with van der Waals surface area (Å²) in [5.41, 5.74) is 6.13.